The second-order valence-corrected chi connectivity index (χ2v) is 14.3. The number of aliphatic hydroxyl groups is 1. The number of Topliss-reactive ketones (excluding diaryl/α,β-unsaturated/α-hetero) is 1. The molecule has 0 saturated heterocycles. The van der Waals surface area contributed by atoms with Gasteiger partial charge in [-0.25, -0.2) is 4.99 Å². The molecule has 0 spiro atoms. The first kappa shape index (κ1) is 42.5. The molecule has 8 nitrogen and oxygen atoms in total. The van der Waals surface area contributed by atoms with E-state index in [2.05, 4.69) is 61.7 Å². The van der Waals surface area contributed by atoms with Crippen molar-refractivity contribution in [3.05, 3.63) is 64.6 Å². The number of allylic oxidation sites excluding steroid dienone is 6. The van der Waals surface area contributed by atoms with Crippen molar-refractivity contribution in [3.8, 4) is 0 Å². The number of unbranched alkanes of at least 4 members (excludes halogenated alkanes) is 2. The van der Waals surface area contributed by atoms with Gasteiger partial charge >= 0.3 is 0 Å². The predicted molar refractivity (Wildman–Crippen MR) is 218 cm³/mol. The first-order valence-corrected chi connectivity index (χ1v) is 20.3. The fraction of sp³-hybridized carbons (Fsp3) is 0.591. The number of aliphatic hydroxyl groups excluding tert-OH is 1. The maximum absolute atomic E-state index is 14.2. The summed E-state index contributed by atoms with van der Waals surface area (Å²) < 4.78 is 0. The highest BCUT2D eigenvalue weighted by Crippen LogP contribution is 2.43. The molecule has 2 amide bonds. The lowest BCUT2D eigenvalue weighted by Crippen LogP contribution is -2.30. The van der Waals surface area contributed by atoms with E-state index >= 15 is 0 Å². The lowest BCUT2D eigenvalue weighted by atomic mass is 9.78. The van der Waals surface area contributed by atoms with Gasteiger partial charge in [0.15, 0.2) is 0 Å². The summed E-state index contributed by atoms with van der Waals surface area (Å²) in [6.07, 6.45) is 16.4. The van der Waals surface area contributed by atoms with Crippen molar-refractivity contribution in [3.63, 3.8) is 0 Å². The van der Waals surface area contributed by atoms with Crippen molar-refractivity contribution in [2.24, 2.45) is 16.8 Å². The lowest BCUT2D eigenvalue weighted by Gasteiger charge is -2.30. The third kappa shape index (κ3) is 10.6. The number of rotatable bonds is 22. The number of hydrogen-bond donors (Lipinski definition) is 2. The molecule has 0 saturated carbocycles. The Morgan fingerprint density at radius 1 is 0.750 bits per heavy atom. The van der Waals surface area contributed by atoms with Crippen molar-refractivity contribution < 1.29 is 19.5 Å². The van der Waals surface area contributed by atoms with Crippen LogP contribution in [0.2, 0.25) is 0 Å². The van der Waals surface area contributed by atoms with Gasteiger partial charge in [0.2, 0.25) is 17.6 Å². The minimum atomic E-state index is -0.327. The molecular weight excluding hydrogens is 649 g/mol. The Bertz CT molecular complexity index is 1540. The Morgan fingerprint density at radius 3 is 1.87 bits per heavy atom. The van der Waals surface area contributed by atoms with Gasteiger partial charge in [-0.1, -0.05) is 81.1 Å². The molecular formula is C44H66N4O4. The Hall–Kier alpha value is -3.94. The lowest BCUT2D eigenvalue weighted by molar-refractivity contribution is -0.122. The van der Waals surface area contributed by atoms with Gasteiger partial charge in [-0.3, -0.25) is 14.4 Å². The first-order valence-electron chi connectivity index (χ1n) is 20.3. The van der Waals surface area contributed by atoms with Crippen LogP contribution in [0.3, 0.4) is 0 Å². The minimum Gasteiger partial charge on any atom is -0.506 e. The number of nitrogens with zero attached hydrogens (tertiary/aromatic N) is 3. The van der Waals surface area contributed by atoms with Gasteiger partial charge in [-0.05, 0) is 87.8 Å². The number of aliphatic imine (C=N–C) groups is 1. The van der Waals surface area contributed by atoms with Gasteiger partial charge in [0.1, 0.15) is 5.76 Å². The van der Waals surface area contributed by atoms with Crippen LogP contribution in [-0.2, 0) is 14.4 Å². The Kier molecular flexibility index (Phi) is 17.6. The van der Waals surface area contributed by atoms with Crippen LogP contribution in [0.1, 0.15) is 138 Å². The molecule has 2 unspecified atom stereocenters. The second kappa shape index (κ2) is 21.6. The van der Waals surface area contributed by atoms with Crippen LogP contribution in [0.25, 0.3) is 5.57 Å². The summed E-state index contributed by atoms with van der Waals surface area (Å²) in [5.41, 5.74) is 4.11. The van der Waals surface area contributed by atoms with E-state index in [1.165, 1.54) is 0 Å². The van der Waals surface area contributed by atoms with Crippen LogP contribution in [-0.4, -0.2) is 59.5 Å². The van der Waals surface area contributed by atoms with E-state index < -0.39 is 0 Å². The minimum absolute atomic E-state index is 0.0737. The van der Waals surface area contributed by atoms with Gasteiger partial charge in [-0.15, -0.1) is 0 Å². The van der Waals surface area contributed by atoms with Gasteiger partial charge < -0.3 is 20.2 Å². The zero-order valence-electron chi connectivity index (χ0n) is 33.4. The number of hydrogen-bond acceptors (Lipinski definition) is 6. The summed E-state index contributed by atoms with van der Waals surface area (Å²) in [6, 6.07) is 5.77. The molecule has 0 aliphatic heterocycles. The monoisotopic (exact) mass is 715 g/mol. The van der Waals surface area contributed by atoms with E-state index in [-0.39, 0.29) is 46.3 Å². The number of anilines is 2. The molecule has 52 heavy (non-hydrogen) atoms. The summed E-state index contributed by atoms with van der Waals surface area (Å²) in [5.74, 6) is -1.08. The molecule has 2 aliphatic rings. The molecule has 286 valence electrons. The van der Waals surface area contributed by atoms with Crippen molar-refractivity contribution in [2.75, 3.05) is 36.4 Å². The van der Waals surface area contributed by atoms with Crippen molar-refractivity contribution in [1.82, 2.24) is 4.90 Å². The average Bonchev–Trinajstić information content (AvgIpc) is 3.13. The summed E-state index contributed by atoms with van der Waals surface area (Å²) in [5, 5.41) is 14.9. The zero-order valence-corrected chi connectivity index (χ0v) is 33.4. The number of carbonyl (C=O) groups excluding carboxylic acids is 3. The summed E-state index contributed by atoms with van der Waals surface area (Å²) in [6.45, 7) is 20.3. The Labute approximate surface area is 314 Å². The van der Waals surface area contributed by atoms with Crippen LogP contribution in [0.15, 0.2) is 64.0 Å². The van der Waals surface area contributed by atoms with Crippen LogP contribution >= 0.6 is 0 Å². The van der Waals surface area contributed by atoms with E-state index in [4.69, 9.17) is 0 Å². The van der Waals surface area contributed by atoms with E-state index in [0.717, 1.165) is 108 Å². The van der Waals surface area contributed by atoms with E-state index in [9.17, 15) is 19.5 Å². The standard InChI is InChI=1S/C44H66N4O4/c1-9-17-19-31(15-7)43(51)45-37-29-33(47(25-11-3)26-12-4)21-23-35(37)39-41(49)40(42(39)50)36-24-22-34(48(27-13-5)28-14-6)30-38(36)46-44(52)32(16-8)20-18-10-2/h21-24,29-32,49H,9-20,25-28H2,1-8H3,(H,45,51). The first-order chi connectivity index (χ1) is 25.1. The van der Waals surface area contributed by atoms with Gasteiger partial charge in [0.05, 0.1) is 22.5 Å². The van der Waals surface area contributed by atoms with Gasteiger partial charge in [0, 0.05) is 60.5 Å². The molecule has 0 heterocycles. The number of benzene rings is 1. The molecule has 2 N–H and O–H groups in total. The molecule has 1 aromatic rings. The molecule has 2 aliphatic carbocycles. The molecule has 1 aromatic carbocycles. The van der Waals surface area contributed by atoms with E-state index in [0.29, 0.717) is 29.0 Å². The van der Waals surface area contributed by atoms with Crippen LogP contribution in [0, 0.1) is 11.8 Å². The highest BCUT2D eigenvalue weighted by Gasteiger charge is 2.40. The van der Waals surface area contributed by atoms with E-state index in [1.54, 1.807) is 0 Å². The molecule has 3 rings (SSSR count). The summed E-state index contributed by atoms with van der Waals surface area (Å²) in [4.78, 5) is 50.7. The van der Waals surface area contributed by atoms with Crippen LogP contribution in [0.4, 0.5) is 11.4 Å². The molecule has 2 atom stereocenters. The summed E-state index contributed by atoms with van der Waals surface area (Å²) in [7, 11) is 0. The topological polar surface area (TPSA) is 102 Å². The molecule has 0 fully saturated rings. The number of ketones is 1. The molecule has 8 heteroatoms. The fourth-order valence-electron chi connectivity index (χ4n) is 7.16. The second-order valence-electron chi connectivity index (χ2n) is 14.3. The maximum Gasteiger partial charge on any atom is 0.249 e. The summed E-state index contributed by atoms with van der Waals surface area (Å²) >= 11 is 0. The van der Waals surface area contributed by atoms with Crippen molar-refractivity contribution in [1.29, 1.82) is 0 Å². The number of nitrogens with one attached hydrogen (secondary N) is 1. The normalized spacial score (nSPS) is 17.6. The Morgan fingerprint density at radius 2 is 1.33 bits per heavy atom. The third-order valence-corrected chi connectivity index (χ3v) is 10.2. The SMILES string of the molecule is CCCCC(CC)C(=O)N=C1C=C(N(CCC)CCC)C=CC1=C1C(=O)C(c2ccc(N(CCC)CCC)cc2NC(=O)C(CC)CCCC)=C1O. The zero-order chi connectivity index (χ0) is 38.2. The highest BCUT2D eigenvalue weighted by molar-refractivity contribution is 6.42. The molecule has 0 aromatic heterocycles. The predicted octanol–water partition coefficient (Wildman–Crippen LogP) is 10.4. The third-order valence-electron chi connectivity index (χ3n) is 10.2. The van der Waals surface area contributed by atoms with Gasteiger partial charge in [-0.2, -0.15) is 0 Å². The Balaban J connectivity index is 2.19. The van der Waals surface area contributed by atoms with Crippen molar-refractivity contribution in [2.45, 2.75) is 132 Å². The largest absolute Gasteiger partial charge is 0.506 e. The smallest absolute Gasteiger partial charge is 0.249 e. The van der Waals surface area contributed by atoms with Crippen molar-refractivity contribution >= 4 is 40.3 Å². The average molecular weight is 715 g/mol. The maximum atomic E-state index is 14.2. The van der Waals surface area contributed by atoms with Crippen LogP contribution < -0.4 is 10.2 Å². The van der Waals surface area contributed by atoms with Gasteiger partial charge in [0.25, 0.3) is 0 Å². The van der Waals surface area contributed by atoms with Crippen LogP contribution in [0.5, 0.6) is 0 Å². The number of carbonyl (C=O) groups is 3. The van der Waals surface area contributed by atoms with E-state index in [1.807, 2.05) is 50.3 Å². The quantitative estimate of drug-likeness (QED) is 0.116. The molecule has 0 bridgehead atoms. The number of amides is 2. The molecule has 0 radical (unpaired) electrons. The fourth-order valence-corrected chi connectivity index (χ4v) is 7.16. The highest BCUT2D eigenvalue weighted by atomic mass is 16.3.